The number of hydrogen-bond acceptors (Lipinski definition) is 4. The molecule has 0 radical (unpaired) electrons. The van der Waals surface area contributed by atoms with Crippen LogP contribution in [0.25, 0.3) is 0 Å². The number of ether oxygens (including phenoxy) is 2. The molecule has 0 aromatic carbocycles. The lowest BCUT2D eigenvalue weighted by atomic mass is 9.88. The molecule has 2 aliphatic rings. The molecule has 1 saturated carbocycles. The summed E-state index contributed by atoms with van der Waals surface area (Å²) in [5.41, 5.74) is 2.14. The minimum Gasteiger partial charge on any atom is -0.375 e. The van der Waals surface area contributed by atoms with Gasteiger partial charge in [-0.2, -0.15) is 0 Å². The molecular weight excluding hydrogens is 232 g/mol. The van der Waals surface area contributed by atoms with Crippen LogP contribution in [0, 0.1) is 5.92 Å². The molecule has 104 valence electrons. The smallest absolute Gasteiger partial charge is 0.263 e. The van der Waals surface area contributed by atoms with Gasteiger partial charge in [0.1, 0.15) is 6.10 Å². The van der Waals surface area contributed by atoms with Crippen molar-refractivity contribution < 1.29 is 14.3 Å². The van der Waals surface area contributed by atoms with E-state index in [1.807, 2.05) is 0 Å². The van der Waals surface area contributed by atoms with Crippen molar-refractivity contribution in [1.82, 2.24) is 5.43 Å². The Labute approximate surface area is 108 Å². The van der Waals surface area contributed by atoms with Gasteiger partial charge in [0.25, 0.3) is 5.91 Å². The Morgan fingerprint density at radius 2 is 2.11 bits per heavy atom. The summed E-state index contributed by atoms with van der Waals surface area (Å²) in [6.45, 7) is 2.85. The van der Waals surface area contributed by atoms with Crippen molar-refractivity contribution in [2.75, 3.05) is 6.61 Å². The molecule has 1 amide bonds. The molecule has 1 aliphatic heterocycles. The first-order valence-corrected chi connectivity index (χ1v) is 6.98. The van der Waals surface area contributed by atoms with E-state index in [0.29, 0.717) is 18.6 Å². The third-order valence-corrected chi connectivity index (χ3v) is 4.07. The summed E-state index contributed by atoms with van der Waals surface area (Å²) in [6, 6.07) is 0. The molecule has 3 N–H and O–H groups in total. The van der Waals surface area contributed by atoms with Gasteiger partial charge in [0.2, 0.25) is 0 Å². The summed E-state index contributed by atoms with van der Waals surface area (Å²) in [5, 5.41) is 0. The summed E-state index contributed by atoms with van der Waals surface area (Å²) >= 11 is 0. The first-order chi connectivity index (χ1) is 8.70. The molecule has 0 aromatic heterocycles. The van der Waals surface area contributed by atoms with Crippen molar-refractivity contribution >= 4 is 5.91 Å². The summed E-state index contributed by atoms with van der Waals surface area (Å²) in [7, 11) is 0. The summed E-state index contributed by atoms with van der Waals surface area (Å²) in [4.78, 5) is 11.3. The maximum absolute atomic E-state index is 11.3. The first kappa shape index (κ1) is 13.8. The van der Waals surface area contributed by atoms with Gasteiger partial charge in [-0.1, -0.05) is 19.8 Å². The second kappa shape index (κ2) is 6.50. The largest absolute Gasteiger partial charge is 0.375 e. The molecule has 1 aliphatic carbocycles. The molecule has 0 aromatic rings. The number of nitrogens with two attached hydrogens (primary N) is 1. The quantitative estimate of drug-likeness (QED) is 0.449. The standard InChI is InChI=1S/C13H24N2O3/c1-9-4-2-3-5-11(9)17-8-10-6-7-12(18-10)13(16)15-14/h9-12H,2-8,14H2,1H3,(H,15,16). The number of rotatable bonds is 4. The monoisotopic (exact) mass is 256 g/mol. The summed E-state index contributed by atoms with van der Waals surface area (Å²) in [5.74, 6) is 5.50. The van der Waals surface area contributed by atoms with Gasteiger partial charge >= 0.3 is 0 Å². The minimum absolute atomic E-state index is 0.0430. The van der Waals surface area contributed by atoms with E-state index < -0.39 is 6.10 Å². The van der Waals surface area contributed by atoms with Gasteiger partial charge in [0.15, 0.2) is 0 Å². The molecule has 2 rings (SSSR count). The molecule has 0 spiro atoms. The van der Waals surface area contributed by atoms with Gasteiger partial charge in [-0.05, 0) is 31.6 Å². The fourth-order valence-corrected chi connectivity index (χ4v) is 2.87. The van der Waals surface area contributed by atoms with Gasteiger partial charge in [0, 0.05) is 0 Å². The fourth-order valence-electron chi connectivity index (χ4n) is 2.87. The lowest BCUT2D eigenvalue weighted by molar-refractivity contribution is -0.134. The normalized spacial score (nSPS) is 36.6. The van der Waals surface area contributed by atoms with Crippen LogP contribution in [-0.4, -0.2) is 30.8 Å². The predicted octanol–water partition coefficient (Wildman–Crippen LogP) is 1.12. The third-order valence-electron chi connectivity index (χ3n) is 4.07. The summed E-state index contributed by atoms with van der Waals surface area (Å²) < 4.78 is 11.6. The molecular formula is C13H24N2O3. The maximum Gasteiger partial charge on any atom is 0.263 e. The van der Waals surface area contributed by atoms with E-state index in [1.54, 1.807) is 0 Å². The molecule has 1 heterocycles. The SMILES string of the molecule is CC1CCCCC1OCC1CCC(C(=O)NN)O1. The fraction of sp³-hybridized carbons (Fsp3) is 0.923. The van der Waals surface area contributed by atoms with Gasteiger partial charge in [0.05, 0.1) is 18.8 Å². The van der Waals surface area contributed by atoms with Crippen LogP contribution in [0.2, 0.25) is 0 Å². The van der Waals surface area contributed by atoms with Gasteiger partial charge in [-0.3, -0.25) is 10.2 Å². The molecule has 4 atom stereocenters. The zero-order valence-corrected chi connectivity index (χ0v) is 11.1. The highest BCUT2D eigenvalue weighted by Crippen LogP contribution is 2.27. The second-order valence-corrected chi connectivity index (χ2v) is 5.47. The highest BCUT2D eigenvalue weighted by molar-refractivity contribution is 5.80. The van der Waals surface area contributed by atoms with E-state index in [-0.39, 0.29) is 12.0 Å². The van der Waals surface area contributed by atoms with Gasteiger partial charge in [-0.15, -0.1) is 0 Å². The van der Waals surface area contributed by atoms with Crippen molar-refractivity contribution in [2.45, 2.75) is 63.8 Å². The highest BCUT2D eigenvalue weighted by atomic mass is 16.5. The van der Waals surface area contributed by atoms with Crippen LogP contribution in [0.5, 0.6) is 0 Å². The minimum atomic E-state index is -0.396. The number of nitrogens with one attached hydrogen (secondary N) is 1. The first-order valence-electron chi connectivity index (χ1n) is 6.98. The number of hydrogen-bond donors (Lipinski definition) is 2. The van der Waals surface area contributed by atoms with Crippen LogP contribution >= 0.6 is 0 Å². The second-order valence-electron chi connectivity index (χ2n) is 5.47. The Bertz CT molecular complexity index is 285. The number of carbonyl (C=O) groups is 1. The molecule has 5 heteroatoms. The van der Waals surface area contributed by atoms with Crippen LogP contribution in [0.3, 0.4) is 0 Å². The van der Waals surface area contributed by atoms with Crippen LogP contribution < -0.4 is 11.3 Å². The van der Waals surface area contributed by atoms with Crippen molar-refractivity contribution in [3.05, 3.63) is 0 Å². The van der Waals surface area contributed by atoms with E-state index in [1.165, 1.54) is 19.3 Å². The van der Waals surface area contributed by atoms with E-state index in [0.717, 1.165) is 19.3 Å². The van der Waals surface area contributed by atoms with Crippen molar-refractivity contribution in [3.8, 4) is 0 Å². The van der Waals surface area contributed by atoms with Crippen LogP contribution in [0.4, 0.5) is 0 Å². The van der Waals surface area contributed by atoms with Gasteiger partial charge < -0.3 is 9.47 Å². The Balaban J connectivity index is 1.70. The molecule has 5 nitrogen and oxygen atoms in total. The highest BCUT2D eigenvalue weighted by Gasteiger charge is 2.31. The van der Waals surface area contributed by atoms with E-state index in [9.17, 15) is 4.79 Å². The van der Waals surface area contributed by atoms with Gasteiger partial charge in [-0.25, -0.2) is 5.84 Å². The van der Waals surface area contributed by atoms with Crippen LogP contribution in [0.15, 0.2) is 0 Å². The topological polar surface area (TPSA) is 73.6 Å². The van der Waals surface area contributed by atoms with Crippen LogP contribution in [-0.2, 0) is 14.3 Å². The van der Waals surface area contributed by atoms with E-state index >= 15 is 0 Å². The zero-order valence-electron chi connectivity index (χ0n) is 11.1. The molecule has 4 unspecified atom stereocenters. The Hall–Kier alpha value is -0.650. The Morgan fingerprint density at radius 3 is 2.83 bits per heavy atom. The number of carbonyl (C=O) groups excluding carboxylic acids is 1. The molecule has 2 fully saturated rings. The summed E-state index contributed by atoms with van der Waals surface area (Å²) in [6.07, 6.45) is 6.61. The lowest BCUT2D eigenvalue weighted by Crippen LogP contribution is -2.39. The van der Waals surface area contributed by atoms with Crippen molar-refractivity contribution in [2.24, 2.45) is 11.8 Å². The average Bonchev–Trinajstić information content (AvgIpc) is 2.86. The van der Waals surface area contributed by atoms with E-state index in [4.69, 9.17) is 15.3 Å². The maximum atomic E-state index is 11.3. The molecule has 1 saturated heterocycles. The Morgan fingerprint density at radius 1 is 1.33 bits per heavy atom. The predicted molar refractivity (Wildman–Crippen MR) is 67.6 cm³/mol. The zero-order chi connectivity index (χ0) is 13.0. The van der Waals surface area contributed by atoms with Crippen molar-refractivity contribution in [3.63, 3.8) is 0 Å². The average molecular weight is 256 g/mol. The Kier molecular flexibility index (Phi) is 4.97. The van der Waals surface area contributed by atoms with Crippen LogP contribution in [0.1, 0.15) is 45.4 Å². The number of hydrazine groups is 1. The lowest BCUT2D eigenvalue weighted by Gasteiger charge is -2.29. The van der Waals surface area contributed by atoms with E-state index in [2.05, 4.69) is 12.3 Å². The number of amides is 1. The molecule has 18 heavy (non-hydrogen) atoms. The molecule has 0 bridgehead atoms. The third kappa shape index (κ3) is 3.43. The van der Waals surface area contributed by atoms with Crippen molar-refractivity contribution in [1.29, 1.82) is 0 Å².